The summed E-state index contributed by atoms with van der Waals surface area (Å²) in [5.74, 6) is -3.39. The number of carbonyl (C=O) groups is 4. The van der Waals surface area contributed by atoms with Gasteiger partial charge in [0.25, 0.3) is 0 Å². The van der Waals surface area contributed by atoms with Crippen LogP contribution in [-0.2, 0) is 35.1 Å². The van der Waals surface area contributed by atoms with E-state index < -0.39 is 66.6 Å². The molecule has 0 aromatic heterocycles. The fraction of sp³-hybridized carbons (Fsp3) is 0.778. The second kappa shape index (κ2) is 26.3. The largest absolute Gasteiger partial charge is 0.480 e. The van der Waals surface area contributed by atoms with Crippen molar-refractivity contribution in [1.82, 2.24) is 25.3 Å². The molecular formula is C45H80N6O9. The molecule has 3 amide bonds. The Morgan fingerprint density at radius 2 is 1.57 bits per heavy atom. The van der Waals surface area contributed by atoms with Gasteiger partial charge in [0.15, 0.2) is 0 Å². The number of carboxylic acids is 1. The van der Waals surface area contributed by atoms with Gasteiger partial charge < -0.3 is 46.1 Å². The van der Waals surface area contributed by atoms with Gasteiger partial charge in [0.05, 0.1) is 30.2 Å². The molecular weight excluding hydrogens is 769 g/mol. The number of ether oxygens (including phenoxy) is 2. The second-order valence-electron chi connectivity index (χ2n) is 17.5. The summed E-state index contributed by atoms with van der Waals surface area (Å²) in [6.45, 7) is 14.5. The van der Waals surface area contributed by atoms with Crippen LogP contribution in [0, 0.1) is 23.7 Å². The number of methoxy groups -OCH3 is 2. The number of amides is 3. The first-order valence-electron chi connectivity index (χ1n) is 22.1. The molecule has 1 saturated heterocycles. The number of nitrogens with zero attached hydrogens (tertiary/aromatic N) is 3. The van der Waals surface area contributed by atoms with Gasteiger partial charge >= 0.3 is 5.97 Å². The molecule has 1 aliphatic rings. The summed E-state index contributed by atoms with van der Waals surface area (Å²) in [7, 11) is 6.54. The highest BCUT2D eigenvalue weighted by atomic mass is 16.5. The van der Waals surface area contributed by atoms with E-state index in [0.717, 1.165) is 31.2 Å². The molecule has 0 saturated carbocycles. The van der Waals surface area contributed by atoms with Crippen LogP contribution in [0.4, 0.5) is 0 Å². The standard InChI is InChI=1S/C45H80N6O9/c1-12-30(6)40(50(9)44(56)38(28(2)3)48-43(55)39(29(4)5)49(8)36(52)23-17-14-18-24-46)35(59-10)27-37(53)51-25-19-22-34(51)41(60-11)31(7)42(54)47-33(45(57)58)26-32-20-15-13-16-21-32/h13,15-16,20-21,28-31,33-41,52-53H,12,14,17-19,22-27,46H2,1-11H3,(H,47,54)(H,48,55)(H,57,58)/t30-,31+,33-,34-,35+,36?,37?,38-,39-,40-,41?/m0/s1. The lowest BCUT2D eigenvalue weighted by Crippen LogP contribution is -2.60. The molecule has 11 atom stereocenters. The van der Waals surface area contributed by atoms with Crippen molar-refractivity contribution in [3.8, 4) is 0 Å². The molecule has 7 N–H and O–H groups in total. The average Bonchev–Trinajstić information content (AvgIpc) is 3.70. The Morgan fingerprint density at radius 3 is 2.10 bits per heavy atom. The number of carbonyl (C=O) groups excluding carboxylic acids is 3. The van der Waals surface area contributed by atoms with Crippen LogP contribution < -0.4 is 16.4 Å². The Kier molecular flexibility index (Phi) is 23.2. The van der Waals surface area contributed by atoms with E-state index in [0.29, 0.717) is 32.4 Å². The van der Waals surface area contributed by atoms with E-state index in [-0.39, 0.29) is 48.5 Å². The third kappa shape index (κ3) is 15.0. The third-order valence-corrected chi connectivity index (χ3v) is 12.5. The first-order chi connectivity index (χ1) is 28.4. The fourth-order valence-electron chi connectivity index (χ4n) is 8.81. The van der Waals surface area contributed by atoms with E-state index in [1.807, 2.05) is 76.8 Å². The lowest BCUT2D eigenvalue weighted by atomic mass is 9.89. The maximum atomic E-state index is 14.5. The monoisotopic (exact) mass is 849 g/mol. The number of hydrogen-bond acceptors (Lipinski definition) is 11. The molecule has 3 unspecified atom stereocenters. The molecule has 15 heteroatoms. The van der Waals surface area contributed by atoms with E-state index in [4.69, 9.17) is 15.2 Å². The number of aliphatic hydroxyl groups is 2. The van der Waals surface area contributed by atoms with Gasteiger partial charge in [0.1, 0.15) is 24.5 Å². The summed E-state index contributed by atoms with van der Waals surface area (Å²) < 4.78 is 12.0. The van der Waals surface area contributed by atoms with Crippen molar-refractivity contribution in [2.24, 2.45) is 29.4 Å². The van der Waals surface area contributed by atoms with Crippen molar-refractivity contribution in [3.05, 3.63) is 35.9 Å². The minimum atomic E-state index is -1.13. The van der Waals surface area contributed by atoms with Crippen LogP contribution in [0.25, 0.3) is 0 Å². The van der Waals surface area contributed by atoms with Crippen LogP contribution in [0.3, 0.4) is 0 Å². The SMILES string of the molecule is CC[C@H](C)[C@@H]([C@@H](CC(O)N1CCC[C@H]1C(OC)[C@@H](C)C(=O)N[C@@H](Cc1ccccc1)C(=O)O)OC)N(C)C(=O)[C@@H](NC(=O)[C@H](C(C)C)N(C)C(O)CCCCCN)C(C)C. The molecule has 0 bridgehead atoms. The van der Waals surface area contributed by atoms with E-state index in [2.05, 4.69) is 10.6 Å². The van der Waals surface area contributed by atoms with E-state index in [9.17, 15) is 34.5 Å². The first-order valence-corrected chi connectivity index (χ1v) is 22.1. The molecule has 344 valence electrons. The third-order valence-electron chi connectivity index (χ3n) is 12.5. The highest BCUT2D eigenvalue weighted by molar-refractivity contribution is 5.90. The highest BCUT2D eigenvalue weighted by Gasteiger charge is 2.44. The van der Waals surface area contributed by atoms with Crippen molar-refractivity contribution < 1.29 is 44.0 Å². The summed E-state index contributed by atoms with van der Waals surface area (Å²) in [5, 5.41) is 38.6. The maximum absolute atomic E-state index is 14.5. The van der Waals surface area contributed by atoms with Crippen molar-refractivity contribution in [1.29, 1.82) is 0 Å². The Labute approximate surface area is 360 Å². The Morgan fingerprint density at radius 1 is 0.917 bits per heavy atom. The molecule has 1 aromatic carbocycles. The number of likely N-dealkylation sites (N-methyl/N-ethyl adjacent to an activating group) is 2. The van der Waals surface area contributed by atoms with Gasteiger partial charge in [-0.25, -0.2) is 4.79 Å². The van der Waals surface area contributed by atoms with Crippen LogP contribution in [-0.4, -0.2) is 150 Å². The van der Waals surface area contributed by atoms with Crippen LogP contribution in [0.15, 0.2) is 30.3 Å². The molecule has 0 aliphatic carbocycles. The minimum Gasteiger partial charge on any atom is -0.480 e. The first kappa shape index (κ1) is 53.0. The molecule has 1 aliphatic heterocycles. The smallest absolute Gasteiger partial charge is 0.326 e. The van der Waals surface area contributed by atoms with Gasteiger partial charge in [0.2, 0.25) is 17.7 Å². The van der Waals surface area contributed by atoms with Gasteiger partial charge in [-0.3, -0.25) is 24.2 Å². The van der Waals surface area contributed by atoms with Crippen LogP contribution in [0.1, 0.15) is 105 Å². The molecule has 1 heterocycles. The minimum absolute atomic E-state index is 0.0496. The Hall–Kier alpha value is -3.18. The van der Waals surface area contributed by atoms with Gasteiger partial charge in [0, 0.05) is 46.7 Å². The molecule has 0 spiro atoms. The van der Waals surface area contributed by atoms with Crippen molar-refractivity contribution >= 4 is 23.7 Å². The zero-order valence-corrected chi connectivity index (χ0v) is 38.4. The highest BCUT2D eigenvalue weighted by Crippen LogP contribution is 2.31. The van der Waals surface area contributed by atoms with Gasteiger partial charge in [-0.1, -0.05) is 91.6 Å². The number of carboxylic acid groups (broad SMARTS) is 1. The topological polar surface area (TPSA) is 207 Å². The summed E-state index contributed by atoms with van der Waals surface area (Å²) in [5.41, 5.74) is 6.42. The number of aliphatic carboxylic acids is 1. The number of aliphatic hydroxyl groups excluding tert-OH is 2. The van der Waals surface area contributed by atoms with E-state index in [1.54, 1.807) is 37.9 Å². The maximum Gasteiger partial charge on any atom is 0.326 e. The normalized spacial score (nSPS) is 19.9. The fourth-order valence-corrected chi connectivity index (χ4v) is 8.81. The number of benzene rings is 1. The Bertz CT molecular complexity index is 1440. The quantitative estimate of drug-likeness (QED) is 0.0530. The van der Waals surface area contributed by atoms with Gasteiger partial charge in [-0.15, -0.1) is 0 Å². The van der Waals surface area contributed by atoms with Gasteiger partial charge in [-0.05, 0) is 69.0 Å². The lowest BCUT2D eigenvalue weighted by Gasteiger charge is -2.42. The number of unbranched alkanes of at least 4 members (excludes halogenated alkanes) is 2. The lowest BCUT2D eigenvalue weighted by molar-refractivity contribution is -0.148. The van der Waals surface area contributed by atoms with Crippen molar-refractivity contribution in [3.63, 3.8) is 0 Å². The zero-order chi connectivity index (χ0) is 45.3. The van der Waals surface area contributed by atoms with Crippen LogP contribution in [0.5, 0.6) is 0 Å². The molecule has 15 nitrogen and oxygen atoms in total. The number of hydrogen-bond donors (Lipinski definition) is 6. The summed E-state index contributed by atoms with van der Waals surface area (Å²) >= 11 is 0. The van der Waals surface area contributed by atoms with E-state index >= 15 is 0 Å². The molecule has 1 aromatic rings. The molecule has 60 heavy (non-hydrogen) atoms. The number of rotatable bonds is 28. The predicted octanol–water partition coefficient (Wildman–Crippen LogP) is 3.45. The molecule has 2 rings (SSSR count). The Balaban J connectivity index is 2.27. The molecule has 0 radical (unpaired) electrons. The predicted molar refractivity (Wildman–Crippen MR) is 234 cm³/mol. The van der Waals surface area contributed by atoms with Crippen LogP contribution in [0.2, 0.25) is 0 Å². The van der Waals surface area contributed by atoms with Crippen molar-refractivity contribution in [2.75, 3.05) is 41.4 Å². The second-order valence-corrected chi connectivity index (χ2v) is 17.5. The number of likely N-dealkylation sites (tertiary alicyclic amines) is 1. The number of nitrogens with one attached hydrogen (secondary N) is 2. The molecule has 1 fully saturated rings. The summed E-state index contributed by atoms with van der Waals surface area (Å²) in [6, 6.07) is 5.64. The zero-order valence-electron chi connectivity index (χ0n) is 38.4. The summed E-state index contributed by atoms with van der Waals surface area (Å²) in [6.07, 6.45) is 2.36. The number of nitrogens with two attached hydrogens (primary N) is 1. The van der Waals surface area contributed by atoms with Crippen molar-refractivity contribution in [2.45, 2.75) is 161 Å². The average molecular weight is 849 g/mol. The van der Waals surface area contributed by atoms with Gasteiger partial charge in [-0.2, -0.15) is 0 Å². The van der Waals surface area contributed by atoms with Crippen LogP contribution >= 0.6 is 0 Å². The summed E-state index contributed by atoms with van der Waals surface area (Å²) in [4.78, 5) is 59.4. The van der Waals surface area contributed by atoms with E-state index in [1.165, 1.54) is 7.11 Å².